The molecule has 0 saturated heterocycles. The first kappa shape index (κ1) is 69.3. The fourth-order valence-corrected chi connectivity index (χ4v) is 8.38. The van der Waals surface area contributed by atoms with Crippen LogP contribution >= 0.6 is 0 Å². The molecule has 0 aliphatic carbocycles. The molecule has 418 valence electrons. The Labute approximate surface area is 451 Å². The van der Waals surface area contributed by atoms with E-state index in [-0.39, 0.29) is 31.1 Å². The third-order valence-corrected chi connectivity index (χ3v) is 13.0. The fraction of sp³-hybridized carbons (Fsp3) is 0.716. The summed E-state index contributed by atoms with van der Waals surface area (Å²) >= 11 is 0. The van der Waals surface area contributed by atoms with E-state index in [1.807, 2.05) is 0 Å². The maximum absolute atomic E-state index is 12.9. The lowest BCUT2D eigenvalue weighted by Crippen LogP contribution is -2.30. The Morgan fingerprint density at radius 3 is 0.849 bits per heavy atom. The van der Waals surface area contributed by atoms with E-state index in [1.165, 1.54) is 116 Å². The molecule has 0 aromatic rings. The van der Waals surface area contributed by atoms with Gasteiger partial charge in [0.05, 0.1) is 0 Å². The second-order valence-electron chi connectivity index (χ2n) is 20.2. The topological polar surface area (TPSA) is 78.9 Å². The van der Waals surface area contributed by atoms with Gasteiger partial charge in [0.15, 0.2) is 6.10 Å². The molecule has 0 aliphatic rings. The van der Waals surface area contributed by atoms with Crippen LogP contribution in [0.4, 0.5) is 0 Å². The van der Waals surface area contributed by atoms with E-state index >= 15 is 0 Å². The Kier molecular flexibility index (Phi) is 57.8. The number of carbonyl (C=O) groups excluding carboxylic acids is 3. The van der Waals surface area contributed by atoms with Crippen molar-refractivity contribution in [3.05, 3.63) is 97.2 Å². The molecular weight excluding hydrogens is 901 g/mol. The summed E-state index contributed by atoms with van der Waals surface area (Å²) in [6.45, 7) is 6.52. The van der Waals surface area contributed by atoms with Crippen molar-refractivity contribution in [1.82, 2.24) is 0 Å². The highest BCUT2D eigenvalue weighted by Crippen LogP contribution is 2.15. The first-order valence-corrected chi connectivity index (χ1v) is 30.7. The zero-order chi connectivity index (χ0) is 52.9. The van der Waals surface area contributed by atoms with Gasteiger partial charge in [-0.15, -0.1) is 0 Å². The van der Waals surface area contributed by atoms with Crippen LogP contribution in [0.25, 0.3) is 0 Å². The first-order valence-electron chi connectivity index (χ1n) is 30.7. The second kappa shape index (κ2) is 60.9. The molecule has 0 fully saturated rings. The van der Waals surface area contributed by atoms with Crippen LogP contribution in [-0.4, -0.2) is 37.2 Å². The molecular formula is C67H114O6. The molecule has 0 aliphatic heterocycles. The van der Waals surface area contributed by atoms with Gasteiger partial charge in [-0.25, -0.2) is 0 Å². The van der Waals surface area contributed by atoms with E-state index in [0.717, 1.165) is 135 Å². The second-order valence-corrected chi connectivity index (χ2v) is 20.2. The quantitative estimate of drug-likeness (QED) is 0.0261. The SMILES string of the molecule is CCC/C=C\C/C=C\CCCCCCCC(=O)OCC(COC(=O)CCCCCCCCCC/C=C\C/C=C\C/C=C\CCCCCCC)OC(=O)CCCCCCCC/C=C\C/C=C\C/C=C\CCCCC. The van der Waals surface area contributed by atoms with Crippen LogP contribution < -0.4 is 0 Å². The summed E-state index contributed by atoms with van der Waals surface area (Å²) in [5.74, 6) is -0.920. The molecule has 0 spiro atoms. The van der Waals surface area contributed by atoms with Crippen molar-refractivity contribution < 1.29 is 28.6 Å². The summed E-state index contributed by atoms with van der Waals surface area (Å²) in [6.07, 6.45) is 81.1. The minimum absolute atomic E-state index is 0.0918. The molecule has 0 bridgehead atoms. The minimum Gasteiger partial charge on any atom is -0.462 e. The highest BCUT2D eigenvalue weighted by Gasteiger charge is 2.19. The van der Waals surface area contributed by atoms with E-state index in [9.17, 15) is 14.4 Å². The fourth-order valence-electron chi connectivity index (χ4n) is 8.38. The summed E-state index contributed by atoms with van der Waals surface area (Å²) in [5, 5.41) is 0. The summed E-state index contributed by atoms with van der Waals surface area (Å²) in [4.78, 5) is 38.2. The molecule has 0 heterocycles. The molecule has 73 heavy (non-hydrogen) atoms. The molecule has 6 nitrogen and oxygen atoms in total. The Hall–Kier alpha value is -3.67. The zero-order valence-corrected chi connectivity index (χ0v) is 47.9. The van der Waals surface area contributed by atoms with E-state index < -0.39 is 6.10 Å². The van der Waals surface area contributed by atoms with Crippen LogP contribution in [0, 0.1) is 0 Å². The number of ether oxygens (including phenoxy) is 3. The van der Waals surface area contributed by atoms with Crippen LogP contribution in [0.15, 0.2) is 97.2 Å². The first-order chi connectivity index (χ1) is 36.0. The summed E-state index contributed by atoms with van der Waals surface area (Å²) < 4.78 is 16.9. The Balaban J connectivity index is 4.39. The minimum atomic E-state index is -0.796. The number of hydrogen-bond acceptors (Lipinski definition) is 6. The van der Waals surface area contributed by atoms with E-state index in [0.29, 0.717) is 19.3 Å². The van der Waals surface area contributed by atoms with E-state index in [4.69, 9.17) is 14.2 Å². The van der Waals surface area contributed by atoms with Gasteiger partial charge in [-0.2, -0.15) is 0 Å². The van der Waals surface area contributed by atoms with Gasteiger partial charge in [0.2, 0.25) is 0 Å². The summed E-state index contributed by atoms with van der Waals surface area (Å²) in [7, 11) is 0. The monoisotopic (exact) mass is 1010 g/mol. The van der Waals surface area contributed by atoms with Gasteiger partial charge in [-0.3, -0.25) is 14.4 Å². The van der Waals surface area contributed by atoms with Gasteiger partial charge in [0.1, 0.15) is 13.2 Å². The van der Waals surface area contributed by atoms with Gasteiger partial charge >= 0.3 is 17.9 Å². The van der Waals surface area contributed by atoms with Crippen LogP contribution in [0.5, 0.6) is 0 Å². The number of allylic oxidation sites excluding steroid dienone is 16. The lowest BCUT2D eigenvalue weighted by Gasteiger charge is -2.18. The van der Waals surface area contributed by atoms with Crippen LogP contribution in [0.2, 0.25) is 0 Å². The smallest absolute Gasteiger partial charge is 0.306 e. The Morgan fingerprint density at radius 1 is 0.274 bits per heavy atom. The van der Waals surface area contributed by atoms with Crippen LogP contribution in [0.3, 0.4) is 0 Å². The molecule has 1 atom stereocenters. The van der Waals surface area contributed by atoms with Crippen molar-refractivity contribution in [3.8, 4) is 0 Å². The number of rotatable bonds is 55. The molecule has 0 N–H and O–H groups in total. The van der Waals surface area contributed by atoms with Gasteiger partial charge < -0.3 is 14.2 Å². The molecule has 0 aromatic carbocycles. The van der Waals surface area contributed by atoms with E-state index in [2.05, 4.69) is 118 Å². The van der Waals surface area contributed by atoms with Crippen molar-refractivity contribution in [3.63, 3.8) is 0 Å². The molecule has 1 unspecified atom stereocenters. The van der Waals surface area contributed by atoms with Crippen LogP contribution in [-0.2, 0) is 28.6 Å². The van der Waals surface area contributed by atoms with Crippen molar-refractivity contribution in [2.24, 2.45) is 0 Å². The lowest BCUT2D eigenvalue weighted by atomic mass is 10.1. The van der Waals surface area contributed by atoms with Crippen molar-refractivity contribution in [2.75, 3.05) is 13.2 Å². The molecule has 0 saturated carbocycles. The highest BCUT2D eigenvalue weighted by atomic mass is 16.6. The molecule has 6 heteroatoms. The summed E-state index contributed by atoms with van der Waals surface area (Å²) in [5.41, 5.74) is 0. The zero-order valence-electron chi connectivity index (χ0n) is 47.9. The Bertz CT molecular complexity index is 1440. The van der Waals surface area contributed by atoms with Crippen molar-refractivity contribution in [1.29, 1.82) is 0 Å². The van der Waals surface area contributed by atoms with Gasteiger partial charge in [0, 0.05) is 19.3 Å². The number of esters is 3. The van der Waals surface area contributed by atoms with Gasteiger partial charge in [-0.05, 0) is 122 Å². The maximum atomic E-state index is 12.9. The Morgan fingerprint density at radius 2 is 0.521 bits per heavy atom. The summed E-state index contributed by atoms with van der Waals surface area (Å²) in [6, 6.07) is 0. The largest absolute Gasteiger partial charge is 0.462 e. The van der Waals surface area contributed by atoms with Crippen LogP contribution in [0.1, 0.15) is 290 Å². The van der Waals surface area contributed by atoms with Crippen molar-refractivity contribution >= 4 is 17.9 Å². The molecule has 0 rings (SSSR count). The molecule has 0 aromatic heterocycles. The third-order valence-electron chi connectivity index (χ3n) is 13.0. The number of hydrogen-bond donors (Lipinski definition) is 0. The predicted molar refractivity (Wildman–Crippen MR) is 316 cm³/mol. The van der Waals surface area contributed by atoms with Gasteiger partial charge in [0.25, 0.3) is 0 Å². The number of carbonyl (C=O) groups is 3. The highest BCUT2D eigenvalue weighted by molar-refractivity contribution is 5.71. The molecule has 0 radical (unpaired) electrons. The maximum Gasteiger partial charge on any atom is 0.306 e. The van der Waals surface area contributed by atoms with Crippen molar-refractivity contribution in [2.45, 2.75) is 297 Å². The average Bonchev–Trinajstić information content (AvgIpc) is 3.39. The van der Waals surface area contributed by atoms with E-state index in [1.54, 1.807) is 0 Å². The average molecular weight is 1020 g/mol. The standard InChI is InChI=1S/C67H114O6/c1-4-7-10-13-16-19-22-25-27-29-31-32-33-34-36-37-39-42-45-48-51-54-57-60-66(69)72-63-64(62-71-65(68)59-56-53-50-47-44-41-24-21-18-15-12-9-6-3)73-67(70)61-58-55-52-49-46-43-40-38-35-30-28-26-23-20-17-14-11-8-5-2/h12,15,17,20-22,24-26,28-29,31,33-35,38,64H,4-11,13-14,16,18-19,23,27,30,32,36-37,39-63H2,1-3H3/b15-12-,20-17-,24-21-,25-22-,28-26-,31-29-,34-33-,38-35-. The molecule has 0 amide bonds. The third kappa shape index (κ3) is 59.1. The van der Waals surface area contributed by atoms with Gasteiger partial charge in [-0.1, -0.05) is 246 Å². The lowest BCUT2D eigenvalue weighted by molar-refractivity contribution is -0.167. The predicted octanol–water partition coefficient (Wildman–Crippen LogP) is 20.9. The normalized spacial score (nSPS) is 12.8. The number of unbranched alkanes of at least 4 members (excludes halogenated alkanes) is 28.